The molecular weight excluding hydrogens is 298 g/mol. The van der Waals surface area contributed by atoms with Gasteiger partial charge in [-0.2, -0.15) is 0 Å². The first-order chi connectivity index (χ1) is 10.9. The van der Waals surface area contributed by atoms with Gasteiger partial charge in [0, 0.05) is 24.4 Å². The van der Waals surface area contributed by atoms with Crippen LogP contribution < -0.4 is 15.4 Å². The van der Waals surface area contributed by atoms with Gasteiger partial charge in [0.1, 0.15) is 11.4 Å². The Balaban J connectivity index is 2.19. The minimum absolute atomic E-state index is 0.127. The Kier molecular flexibility index (Phi) is 4.80. The number of amides is 2. The lowest BCUT2D eigenvalue weighted by molar-refractivity contribution is -0.114. The molecule has 0 radical (unpaired) electrons. The summed E-state index contributed by atoms with van der Waals surface area (Å²) < 4.78 is 5.15. The Morgan fingerprint density at radius 2 is 1.83 bits per heavy atom. The molecule has 0 spiro atoms. The predicted octanol–water partition coefficient (Wildman–Crippen LogP) is 2.44. The molecular formula is C16H17N3O4. The van der Waals surface area contributed by atoms with Crippen molar-refractivity contribution in [3.63, 3.8) is 0 Å². The zero-order valence-electron chi connectivity index (χ0n) is 13.0. The number of nitrogens with one attached hydrogen (secondary N) is 3. The number of carbonyl (C=O) groups is 3. The van der Waals surface area contributed by atoms with Gasteiger partial charge in [-0.1, -0.05) is 0 Å². The van der Waals surface area contributed by atoms with Crippen LogP contribution in [0.5, 0.6) is 5.75 Å². The third-order valence-electron chi connectivity index (χ3n) is 3.10. The molecule has 2 amide bonds. The highest BCUT2D eigenvalue weighted by Gasteiger charge is 2.12. The molecule has 7 nitrogen and oxygen atoms in total. The monoisotopic (exact) mass is 315 g/mol. The van der Waals surface area contributed by atoms with Crippen LogP contribution in [0.2, 0.25) is 0 Å². The van der Waals surface area contributed by atoms with E-state index in [1.165, 1.54) is 33.2 Å². The van der Waals surface area contributed by atoms with Gasteiger partial charge in [0.25, 0.3) is 5.91 Å². The van der Waals surface area contributed by atoms with Crippen molar-refractivity contribution in [2.24, 2.45) is 0 Å². The van der Waals surface area contributed by atoms with Crippen molar-refractivity contribution in [2.75, 3.05) is 17.7 Å². The van der Waals surface area contributed by atoms with Crippen molar-refractivity contribution in [1.29, 1.82) is 0 Å². The average molecular weight is 315 g/mol. The van der Waals surface area contributed by atoms with E-state index in [2.05, 4.69) is 15.6 Å². The van der Waals surface area contributed by atoms with E-state index < -0.39 is 5.91 Å². The summed E-state index contributed by atoms with van der Waals surface area (Å²) in [5.74, 6) is -0.284. The zero-order valence-corrected chi connectivity index (χ0v) is 13.0. The summed E-state index contributed by atoms with van der Waals surface area (Å²) in [6.07, 6.45) is 1.48. The van der Waals surface area contributed by atoms with E-state index in [1.54, 1.807) is 18.2 Å². The standard InChI is InChI=1S/C16H17N3O4/c1-9(20)11-6-14(17-8-11)16(22)19-12-4-5-15(23-3)13(7-12)18-10(2)21/h4-8,17H,1-3H3,(H,18,21)(H,19,22). The molecule has 0 aliphatic heterocycles. The Morgan fingerprint density at radius 1 is 1.09 bits per heavy atom. The fraction of sp³-hybridized carbons (Fsp3) is 0.188. The van der Waals surface area contributed by atoms with E-state index in [4.69, 9.17) is 4.74 Å². The number of benzene rings is 1. The lowest BCUT2D eigenvalue weighted by Gasteiger charge is -2.11. The molecule has 2 rings (SSSR count). The molecule has 1 aromatic carbocycles. The molecule has 7 heteroatoms. The fourth-order valence-electron chi connectivity index (χ4n) is 2.00. The van der Waals surface area contributed by atoms with Crippen LogP contribution in [0.4, 0.5) is 11.4 Å². The molecule has 0 saturated heterocycles. The molecule has 0 saturated carbocycles. The van der Waals surface area contributed by atoms with Crippen LogP contribution in [-0.4, -0.2) is 29.7 Å². The number of aromatic amines is 1. The van der Waals surface area contributed by atoms with Crippen LogP contribution >= 0.6 is 0 Å². The number of H-pyrrole nitrogens is 1. The summed E-state index contributed by atoms with van der Waals surface area (Å²) in [5.41, 5.74) is 1.64. The topological polar surface area (TPSA) is 100 Å². The van der Waals surface area contributed by atoms with Crippen molar-refractivity contribution in [3.8, 4) is 5.75 Å². The Labute approximate surface area is 133 Å². The maximum absolute atomic E-state index is 12.2. The Hall–Kier alpha value is -3.09. The van der Waals surface area contributed by atoms with E-state index in [0.717, 1.165) is 0 Å². The van der Waals surface area contributed by atoms with E-state index in [1.807, 2.05) is 0 Å². The van der Waals surface area contributed by atoms with E-state index in [0.29, 0.717) is 22.7 Å². The molecule has 0 bridgehead atoms. The number of Topliss-reactive ketones (excluding diaryl/α,β-unsaturated/α-hetero) is 1. The van der Waals surface area contributed by atoms with Crippen molar-refractivity contribution < 1.29 is 19.1 Å². The van der Waals surface area contributed by atoms with Crippen LogP contribution in [0.1, 0.15) is 34.7 Å². The largest absolute Gasteiger partial charge is 0.495 e. The van der Waals surface area contributed by atoms with Gasteiger partial charge in [0.15, 0.2) is 5.78 Å². The van der Waals surface area contributed by atoms with Gasteiger partial charge in [0.2, 0.25) is 5.91 Å². The number of hydrogen-bond acceptors (Lipinski definition) is 4. The molecule has 3 N–H and O–H groups in total. The second-order valence-electron chi connectivity index (χ2n) is 4.91. The van der Waals surface area contributed by atoms with Crippen LogP contribution in [-0.2, 0) is 4.79 Å². The maximum atomic E-state index is 12.2. The highest BCUT2D eigenvalue weighted by molar-refractivity contribution is 6.05. The number of carbonyl (C=O) groups excluding carboxylic acids is 3. The first-order valence-corrected chi connectivity index (χ1v) is 6.87. The highest BCUT2D eigenvalue weighted by Crippen LogP contribution is 2.28. The van der Waals surface area contributed by atoms with Crippen molar-refractivity contribution in [3.05, 3.63) is 41.7 Å². The van der Waals surface area contributed by atoms with Crippen LogP contribution in [0.15, 0.2) is 30.5 Å². The van der Waals surface area contributed by atoms with Crippen LogP contribution in [0.25, 0.3) is 0 Å². The van der Waals surface area contributed by atoms with E-state index in [9.17, 15) is 14.4 Å². The lowest BCUT2D eigenvalue weighted by Crippen LogP contribution is -2.13. The normalized spacial score (nSPS) is 10.0. The number of anilines is 2. The Bertz CT molecular complexity index is 764. The van der Waals surface area contributed by atoms with Crippen LogP contribution in [0.3, 0.4) is 0 Å². The molecule has 1 heterocycles. The summed E-state index contributed by atoms with van der Waals surface area (Å²) in [6.45, 7) is 2.81. The molecule has 0 aliphatic carbocycles. The Morgan fingerprint density at radius 3 is 2.39 bits per heavy atom. The second-order valence-corrected chi connectivity index (χ2v) is 4.91. The molecule has 1 aromatic heterocycles. The first-order valence-electron chi connectivity index (χ1n) is 6.87. The van der Waals surface area contributed by atoms with Crippen molar-refractivity contribution in [2.45, 2.75) is 13.8 Å². The van der Waals surface area contributed by atoms with E-state index in [-0.39, 0.29) is 17.4 Å². The third kappa shape index (κ3) is 3.97. The summed E-state index contributed by atoms with van der Waals surface area (Å²) >= 11 is 0. The SMILES string of the molecule is COc1ccc(NC(=O)c2cc(C(C)=O)c[nH]2)cc1NC(C)=O. The molecule has 0 aliphatic rings. The fourth-order valence-corrected chi connectivity index (χ4v) is 2.00. The van der Waals surface area contributed by atoms with Gasteiger partial charge < -0.3 is 20.4 Å². The van der Waals surface area contributed by atoms with Gasteiger partial charge >= 0.3 is 0 Å². The third-order valence-corrected chi connectivity index (χ3v) is 3.10. The average Bonchev–Trinajstić information content (AvgIpc) is 2.97. The zero-order chi connectivity index (χ0) is 17.0. The van der Waals surface area contributed by atoms with E-state index >= 15 is 0 Å². The van der Waals surface area contributed by atoms with Crippen molar-refractivity contribution >= 4 is 29.0 Å². The molecule has 2 aromatic rings. The molecule has 0 fully saturated rings. The van der Waals surface area contributed by atoms with Crippen molar-refractivity contribution in [1.82, 2.24) is 4.98 Å². The minimum atomic E-state index is -0.392. The molecule has 0 atom stereocenters. The predicted molar refractivity (Wildman–Crippen MR) is 86.0 cm³/mol. The van der Waals surface area contributed by atoms with Gasteiger partial charge in [-0.3, -0.25) is 14.4 Å². The number of methoxy groups -OCH3 is 1. The summed E-state index contributed by atoms with van der Waals surface area (Å²) in [7, 11) is 1.49. The van der Waals surface area contributed by atoms with Gasteiger partial charge in [-0.25, -0.2) is 0 Å². The molecule has 23 heavy (non-hydrogen) atoms. The summed E-state index contributed by atoms with van der Waals surface area (Å²) in [6, 6.07) is 6.36. The number of hydrogen-bond donors (Lipinski definition) is 3. The molecule has 0 unspecified atom stereocenters. The second kappa shape index (κ2) is 6.78. The highest BCUT2D eigenvalue weighted by atomic mass is 16.5. The number of ketones is 1. The lowest BCUT2D eigenvalue weighted by atomic mass is 10.2. The number of ether oxygens (including phenoxy) is 1. The van der Waals surface area contributed by atoms with Gasteiger partial charge in [-0.05, 0) is 31.2 Å². The first kappa shape index (κ1) is 16.3. The number of rotatable bonds is 5. The van der Waals surface area contributed by atoms with Gasteiger partial charge in [0.05, 0.1) is 12.8 Å². The van der Waals surface area contributed by atoms with Gasteiger partial charge in [-0.15, -0.1) is 0 Å². The maximum Gasteiger partial charge on any atom is 0.272 e. The summed E-state index contributed by atoms with van der Waals surface area (Å²) in [4.78, 5) is 37.4. The molecule has 120 valence electrons. The minimum Gasteiger partial charge on any atom is -0.495 e. The summed E-state index contributed by atoms with van der Waals surface area (Å²) in [5, 5.41) is 5.32. The van der Waals surface area contributed by atoms with Crippen LogP contribution in [0, 0.1) is 0 Å². The number of aromatic nitrogens is 1. The quantitative estimate of drug-likeness (QED) is 0.738. The smallest absolute Gasteiger partial charge is 0.272 e.